The summed E-state index contributed by atoms with van der Waals surface area (Å²) in [6, 6.07) is 0.892. The van der Waals surface area contributed by atoms with Crippen LogP contribution in [0.5, 0.6) is 0 Å². The average molecular weight is 493 g/mol. The molecule has 0 bridgehead atoms. The minimum absolute atomic E-state index is 0.386. The van der Waals surface area contributed by atoms with Crippen molar-refractivity contribution in [3.8, 4) is 0 Å². The van der Waals surface area contributed by atoms with E-state index in [1.807, 2.05) is 0 Å². The van der Waals surface area contributed by atoms with Crippen molar-refractivity contribution in [1.82, 2.24) is 9.55 Å². The highest BCUT2D eigenvalue weighted by Crippen LogP contribution is 2.36. The van der Waals surface area contributed by atoms with Gasteiger partial charge in [0.25, 0.3) is 0 Å². The van der Waals surface area contributed by atoms with E-state index in [9.17, 15) is 45.5 Å². The summed E-state index contributed by atoms with van der Waals surface area (Å²) in [5.41, 5.74) is 0.158. The van der Waals surface area contributed by atoms with Crippen LogP contribution in [0.3, 0.4) is 0 Å². The lowest BCUT2D eigenvalue weighted by Crippen LogP contribution is -2.46. The first-order valence-electron chi connectivity index (χ1n) is 8.49. The Bertz CT molecular complexity index is 964. The largest absolute Gasteiger partial charge is 0.490 e. The Balaban J connectivity index is 2.53. The van der Waals surface area contributed by atoms with Crippen molar-refractivity contribution in [2.75, 3.05) is 12.1 Å². The van der Waals surface area contributed by atoms with Crippen molar-refractivity contribution in [1.29, 1.82) is 0 Å². The number of anilines is 1. The quantitative estimate of drug-likeness (QED) is 0.246. The van der Waals surface area contributed by atoms with E-state index in [4.69, 9.17) is 9.94 Å². The minimum Gasteiger partial charge on any atom is -0.463 e. The molecule has 0 aliphatic carbocycles. The molecule has 1 aliphatic rings. The molecular weight excluding hydrogens is 480 g/mol. The molecule has 2 N–H and O–H groups in total. The van der Waals surface area contributed by atoms with Gasteiger partial charge in [0, 0.05) is 13.1 Å². The molecular formula is C15H13F6N3O9. The molecule has 18 heteroatoms. The van der Waals surface area contributed by atoms with E-state index in [-0.39, 0.29) is 0 Å². The summed E-state index contributed by atoms with van der Waals surface area (Å²) in [7, 11) is 0. The molecule has 0 aromatic carbocycles. The first-order chi connectivity index (χ1) is 15.1. The molecule has 0 unspecified atom stereocenters. The van der Waals surface area contributed by atoms with Crippen molar-refractivity contribution in [3.05, 3.63) is 22.7 Å². The molecule has 2 rings (SSSR count). The lowest BCUT2D eigenvalue weighted by molar-refractivity contribution is -0.221. The first-order valence-corrected chi connectivity index (χ1v) is 8.49. The van der Waals surface area contributed by atoms with Crippen molar-refractivity contribution in [3.63, 3.8) is 0 Å². The van der Waals surface area contributed by atoms with Crippen molar-refractivity contribution in [2.24, 2.45) is 0 Å². The maximum Gasteiger partial charge on any atom is 0.490 e. The third-order valence-corrected chi connectivity index (χ3v) is 3.90. The van der Waals surface area contributed by atoms with Gasteiger partial charge in [0.05, 0.1) is 0 Å². The molecule has 0 spiro atoms. The number of hydrogen-bond acceptors (Lipinski definition) is 11. The summed E-state index contributed by atoms with van der Waals surface area (Å²) < 4.78 is 94.8. The standard InChI is InChI=1S/C15H13F6N3O9/c1-5(25)30-4-6-8(32-11(26)14(16,17)18)9(33-12(27)15(19,20)21)10(31-6)24-3-2-7(23-29)22-13(24)28/h2-3,6,8-10,29H,4H2,1H3,(H,22,23,28)/t6-,8-,9-,10-/m1/s1. The van der Waals surface area contributed by atoms with Gasteiger partial charge in [-0.3, -0.25) is 20.0 Å². The van der Waals surface area contributed by atoms with Gasteiger partial charge in [0.1, 0.15) is 12.7 Å². The fraction of sp³-hybridized carbons (Fsp3) is 0.533. The highest BCUT2D eigenvalue weighted by molar-refractivity contribution is 5.77. The van der Waals surface area contributed by atoms with Crippen LogP contribution in [-0.4, -0.2) is 69.9 Å². The van der Waals surface area contributed by atoms with Crippen LogP contribution in [-0.2, 0) is 33.3 Å². The zero-order valence-electron chi connectivity index (χ0n) is 16.0. The number of rotatable bonds is 6. The summed E-state index contributed by atoms with van der Waals surface area (Å²) in [4.78, 5) is 49.2. The molecule has 33 heavy (non-hydrogen) atoms. The maximum absolute atomic E-state index is 12.8. The lowest BCUT2D eigenvalue weighted by atomic mass is 10.1. The second-order valence-electron chi connectivity index (χ2n) is 6.22. The SMILES string of the molecule is CC(=O)OC[C@H]1O[C@@H](n2ccc(NO)nc2=O)[C@H](OC(=O)C(F)(F)F)[C@@H]1OC(=O)C(F)(F)F. The summed E-state index contributed by atoms with van der Waals surface area (Å²) in [6.07, 6.45) is -19.4. The third-order valence-electron chi connectivity index (χ3n) is 3.90. The molecule has 1 saturated heterocycles. The van der Waals surface area contributed by atoms with Gasteiger partial charge in [0.15, 0.2) is 24.3 Å². The van der Waals surface area contributed by atoms with Crippen LogP contribution in [0.1, 0.15) is 13.2 Å². The first kappa shape index (κ1) is 25.8. The molecule has 1 fully saturated rings. The molecule has 0 saturated carbocycles. The Morgan fingerprint density at radius 3 is 2.12 bits per heavy atom. The molecule has 12 nitrogen and oxygen atoms in total. The number of carbonyl (C=O) groups is 3. The van der Waals surface area contributed by atoms with Gasteiger partial charge in [-0.05, 0) is 6.07 Å². The van der Waals surface area contributed by atoms with Crippen LogP contribution >= 0.6 is 0 Å². The topological polar surface area (TPSA) is 155 Å². The van der Waals surface area contributed by atoms with Crippen LogP contribution in [0.25, 0.3) is 0 Å². The fourth-order valence-corrected chi connectivity index (χ4v) is 2.58. The van der Waals surface area contributed by atoms with Crippen LogP contribution in [0.15, 0.2) is 17.1 Å². The van der Waals surface area contributed by atoms with E-state index in [0.717, 1.165) is 19.2 Å². The Morgan fingerprint density at radius 1 is 1.12 bits per heavy atom. The fourth-order valence-electron chi connectivity index (χ4n) is 2.58. The van der Waals surface area contributed by atoms with Gasteiger partial charge in [0.2, 0.25) is 0 Å². The number of halogens is 6. The second kappa shape index (κ2) is 9.61. The molecule has 1 aromatic heterocycles. The molecule has 1 aliphatic heterocycles. The van der Waals surface area contributed by atoms with E-state index in [0.29, 0.717) is 4.57 Å². The van der Waals surface area contributed by atoms with Crippen LogP contribution in [0.4, 0.5) is 32.2 Å². The lowest BCUT2D eigenvalue weighted by Gasteiger charge is -2.25. The number of aromatic nitrogens is 2. The van der Waals surface area contributed by atoms with E-state index in [2.05, 4.69) is 19.2 Å². The van der Waals surface area contributed by atoms with E-state index in [1.54, 1.807) is 0 Å². The van der Waals surface area contributed by atoms with Gasteiger partial charge in [-0.1, -0.05) is 0 Å². The predicted molar refractivity (Wildman–Crippen MR) is 86.3 cm³/mol. The zero-order chi connectivity index (χ0) is 25.1. The highest BCUT2D eigenvalue weighted by Gasteiger charge is 2.56. The predicted octanol–water partition coefficient (Wildman–Crippen LogP) is 0.453. The van der Waals surface area contributed by atoms with Crippen molar-refractivity contribution < 1.29 is 64.9 Å². The van der Waals surface area contributed by atoms with E-state index < -0.39 is 72.9 Å². The number of carbonyl (C=O) groups excluding carboxylic acids is 3. The van der Waals surface area contributed by atoms with Crippen LogP contribution < -0.4 is 11.2 Å². The molecule has 0 radical (unpaired) electrons. The van der Waals surface area contributed by atoms with E-state index >= 15 is 0 Å². The number of alkyl halides is 6. The molecule has 184 valence electrons. The monoisotopic (exact) mass is 493 g/mol. The van der Waals surface area contributed by atoms with Crippen molar-refractivity contribution in [2.45, 2.75) is 43.8 Å². The van der Waals surface area contributed by atoms with E-state index in [1.165, 1.54) is 5.48 Å². The summed E-state index contributed by atoms with van der Waals surface area (Å²) >= 11 is 0. The van der Waals surface area contributed by atoms with Crippen LogP contribution in [0, 0.1) is 0 Å². The molecule has 1 aromatic rings. The van der Waals surface area contributed by atoms with Gasteiger partial charge >= 0.3 is 36.0 Å². The van der Waals surface area contributed by atoms with Gasteiger partial charge < -0.3 is 18.9 Å². The Hall–Kier alpha value is -3.41. The molecule has 0 amide bonds. The molecule has 4 atom stereocenters. The molecule has 2 heterocycles. The smallest absolute Gasteiger partial charge is 0.463 e. The number of nitrogens with zero attached hydrogens (tertiary/aromatic N) is 2. The average Bonchev–Trinajstić information content (AvgIpc) is 3.01. The highest BCUT2D eigenvalue weighted by atomic mass is 19.4. The third kappa shape index (κ3) is 6.31. The summed E-state index contributed by atoms with van der Waals surface area (Å²) in [5, 5.41) is 8.76. The number of esters is 3. The van der Waals surface area contributed by atoms with Gasteiger partial charge in [-0.15, -0.1) is 0 Å². The number of ether oxygens (including phenoxy) is 4. The second-order valence-corrected chi connectivity index (χ2v) is 6.22. The Kier molecular flexibility index (Phi) is 7.53. The Labute approximate surface area is 177 Å². The maximum atomic E-state index is 12.8. The number of hydrogen-bond donors (Lipinski definition) is 2. The van der Waals surface area contributed by atoms with Crippen molar-refractivity contribution >= 4 is 23.7 Å². The van der Waals surface area contributed by atoms with Crippen LogP contribution in [0.2, 0.25) is 0 Å². The Morgan fingerprint density at radius 2 is 1.67 bits per heavy atom. The minimum atomic E-state index is -5.63. The summed E-state index contributed by atoms with van der Waals surface area (Å²) in [5.74, 6) is -7.22. The zero-order valence-corrected chi connectivity index (χ0v) is 16.0. The van der Waals surface area contributed by atoms with Gasteiger partial charge in [-0.2, -0.15) is 31.3 Å². The number of nitrogens with one attached hydrogen (secondary N) is 1. The summed E-state index contributed by atoms with van der Waals surface area (Å²) in [6.45, 7) is -0.0838. The normalized spacial score (nSPS) is 23.0. The van der Waals surface area contributed by atoms with Gasteiger partial charge in [-0.25, -0.2) is 14.4 Å².